The van der Waals surface area contributed by atoms with Crippen molar-refractivity contribution in [2.45, 2.75) is 45.3 Å². The molecule has 7 heteroatoms. The fourth-order valence-electron chi connectivity index (χ4n) is 2.96. The molecule has 2 fully saturated rings. The van der Waals surface area contributed by atoms with Crippen LogP contribution < -0.4 is 5.32 Å². The van der Waals surface area contributed by atoms with Crippen molar-refractivity contribution in [1.29, 1.82) is 0 Å². The SMILES string of the molecule is CCNC(=NCC(C)(O)CC)N1CCC(N2CCOCC2)C1.I. The summed E-state index contributed by atoms with van der Waals surface area (Å²) in [5.41, 5.74) is -0.718. The molecule has 136 valence electrons. The van der Waals surface area contributed by atoms with Crippen molar-refractivity contribution < 1.29 is 9.84 Å². The second-order valence-electron chi connectivity index (χ2n) is 6.56. The van der Waals surface area contributed by atoms with E-state index < -0.39 is 5.60 Å². The minimum Gasteiger partial charge on any atom is -0.388 e. The lowest BCUT2D eigenvalue weighted by Crippen LogP contribution is -2.47. The normalized spacial score (nSPS) is 25.8. The van der Waals surface area contributed by atoms with Crippen LogP contribution in [0, 0.1) is 0 Å². The molecule has 0 bridgehead atoms. The molecule has 6 nitrogen and oxygen atoms in total. The van der Waals surface area contributed by atoms with Gasteiger partial charge in [0.25, 0.3) is 0 Å². The van der Waals surface area contributed by atoms with E-state index in [-0.39, 0.29) is 24.0 Å². The minimum absolute atomic E-state index is 0. The molecule has 2 aliphatic rings. The van der Waals surface area contributed by atoms with Crippen LogP contribution in [-0.4, -0.2) is 85.0 Å². The average Bonchev–Trinajstić information content (AvgIpc) is 3.02. The number of rotatable bonds is 5. The van der Waals surface area contributed by atoms with E-state index in [2.05, 4.69) is 27.0 Å². The lowest BCUT2D eigenvalue weighted by molar-refractivity contribution is 0.0194. The molecule has 2 unspecified atom stereocenters. The summed E-state index contributed by atoms with van der Waals surface area (Å²) in [5, 5.41) is 13.5. The highest BCUT2D eigenvalue weighted by atomic mass is 127. The molecule has 2 rings (SSSR count). The topological polar surface area (TPSA) is 60.3 Å². The third-order valence-electron chi connectivity index (χ3n) is 4.69. The zero-order chi connectivity index (χ0) is 16.0. The highest BCUT2D eigenvalue weighted by Crippen LogP contribution is 2.17. The van der Waals surface area contributed by atoms with Gasteiger partial charge < -0.3 is 20.1 Å². The van der Waals surface area contributed by atoms with Crippen LogP contribution >= 0.6 is 24.0 Å². The van der Waals surface area contributed by atoms with E-state index in [1.165, 1.54) is 6.42 Å². The first-order valence-corrected chi connectivity index (χ1v) is 8.63. The molecule has 2 atom stereocenters. The second-order valence-corrected chi connectivity index (χ2v) is 6.56. The maximum absolute atomic E-state index is 10.2. The van der Waals surface area contributed by atoms with Crippen molar-refractivity contribution >= 4 is 29.9 Å². The summed E-state index contributed by atoms with van der Waals surface area (Å²) in [5.74, 6) is 0.937. The molecule has 0 aromatic heterocycles. The van der Waals surface area contributed by atoms with E-state index in [9.17, 15) is 5.11 Å². The van der Waals surface area contributed by atoms with Crippen LogP contribution in [0.25, 0.3) is 0 Å². The predicted octanol–water partition coefficient (Wildman–Crippen LogP) is 1.14. The Bertz CT molecular complexity index is 373. The van der Waals surface area contributed by atoms with Crippen molar-refractivity contribution in [3.05, 3.63) is 0 Å². The van der Waals surface area contributed by atoms with Gasteiger partial charge in [0.1, 0.15) is 0 Å². The number of morpholine rings is 1. The summed E-state index contributed by atoms with van der Waals surface area (Å²) < 4.78 is 5.44. The quantitative estimate of drug-likeness (QED) is 0.382. The molecule has 2 heterocycles. The van der Waals surface area contributed by atoms with Gasteiger partial charge in [0.15, 0.2) is 5.96 Å². The van der Waals surface area contributed by atoms with Crippen molar-refractivity contribution in [1.82, 2.24) is 15.1 Å². The van der Waals surface area contributed by atoms with Gasteiger partial charge in [0, 0.05) is 38.8 Å². The van der Waals surface area contributed by atoms with Crippen molar-refractivity contribution in [3.8, 4) is 0 Å². The summed E-state index contributed by atoms with van der Waals surface area (Å²) >= 11 is 0. The van der Waals surface area contributed by atoms with Gasteiger partial charge in [-0.3, -0.25) is 9.89 Å². The van der Waals surface area contributed by atoms with Gasteiger partial charge in [0.2, 0.25) is 0 Å². The number of hydrogen-bond acceptors (Lipinski definition) is 4. The minimum atomic E-state index is -0.718. The molecule has 0 spiro atoms. The molecule has 0 aliphatic carbocycles. The summed E-state index contributed by atoms with van der Waals surface area (Å²) in [6, 6.07) is 0.597. The second kappa shape index (κ2) is 10.0. The van der Waals surface area contributed by atoms with E-state index in [1.54, 1.807) is 0 Å². The molecule has 0 aromatic rings. The van der Waals surface area contributed by atoms with Gasteiger partial charge in [-0.15, -0.1) is 24.0 Å². The van der Waals surface area contributed by atoms with E-state index in [0.29, 0.717) is 19.0 Å². The number of likely N-dealkylation sites (tertiary alicyclic amines) is 1. The Morgan fingerprint density at radius 3 is 2.61 bits per heavy atom. The van der Waals surface area contributed by atoms with Crippen LogP contribution in [0.3, 0.4) is 0 Å². The molecule has 0 aromatic carbocycles. The van der Waals surface area contributed by atoms with Crippen LogP contribution in [0.2, 0.25) is 0 Å². The number of ether oxygens (including phenoxy) is 1. The Labute approximate surface area is 157 Å². The number of nitrogens with one attached hydrogen (secondary N) is 1. The summed E-state index contributed by atoms with van der Waals surface area (Å²) in [7, 11) is 0. The molecular formula is C16H33IN4O2. The van der Waals surface area contributed by atoms with E-state index in [1.807, 2.05) is 13.8 Å². The third-order valence-corrected chi connectivity index (χ3v) is 4.69. The van der Waals surface area contributed by atoms with Gasteiger partial charge in [0.05, 0.1) is 25.4 Å². The number of halogens is 1. The van der Waals surface area contributed by atoms with Crippen LogP contribution in [0.4, 0.5) is 0 Å². The van der Waals surface area contributed by atoms with Gasteiger partial charge in [-0.2, -0.15) is 0 Å². The van der Waals surface area contributed by atoms with Crippen molar-refractivity contribution in [2.75, 3.05) is 52.5 Å². The molecule has 2 N–H and O–H groups in total. The fourth-order valence-corrected chi connectivity index (χ4v) is 2.96. The standard InChI is InChI=1S/C16H32N4O2.HI/c1-4-16(3,21)13-18-15(17-5-2)20-7-6-14(12-20)19-8-10-22-11-9-19;/h14,21H,4-13H2,1-3H3,(H,17,18);1H. The van der Waals surface area contributed by atoms with Gasteiger partial charge in [-0.25, -0.2) is 0 Å². The Morgan fingerprint density at radius 2 is 2.00 bits per heavy atom. The number of aliphatic hydroxyl groups is 1. The van der Waals surface area contributed by atoms with Crippen LogP contribution in [0.5, 0.6) is 0 Å². The largest absolute Gasteiger partial charge is 0.388 e. The van der Waals surface area contributed by atoms with E-state index in [4.69, 9.17) is 4.74 Å². The first-order valence-electron chi connectivity index (χ1n) is 8.63. The number of aliphatic imine (C=N–C) groups is 1. The molecular weight excluding hydrogens is 407 g/mol. The summed E-state index contributed by atoms with van der Waals surface area (Å²) in [4.78, 5) is 9.52. The lowest BCUT2D eigenvalue weighted by atomic mass is 10.1. The maximum atomic E-state index is 10.2. The molecule has 2 saturated heterocycles. The Balaban J connectivity index is 0.00000264. The van der Waals surface area contributed by atoms with Crippen LogP contribution in [0.1, 0.15) is 33.6 Å². The van der Waals surface area contributed by atoms with E-state index in [0.717, 1.165) is 51.9 Å². The number of guanidine groups is 1. The summed E-state index contributed by atoms with van der Waals surface area (Å²) in [6.45, 7) is 13.1. The maximum Gasteiger partial charge on any atom is 0.194 e. The lowest BCUT2D eigenvalue weighted by Gasteiger charge is -2.32. The van der Waals surface area contributed by atoms with Crippen LogP contribution in [-0.2, 0) is 4.74 Å². The van der Waals surface area contributed by atoms with Gasteiger partial charge >= 0.3 is 0 Å². The third kappa shape index (κ3) is 6.36. The molecule has 23 heavy (non-hydrogen) atoms. The highest BCUT2D eigenvalue weighted by molar-refractivity contribution is 14.0. The summed E-state index contributed by atoms with van der Waals surface area (Å²) in [6.07, 6.45) is 1.89. The number of hydrogen-bond donors (Lipinski definition) is 2. The Hall–Kier alpha value is -0.120. The molecule has 0 saturated carbocycles. The highest BCUT2D eigenvalue weighted by Gasteiger charge is 2.30. The zero-order valence-electron chi connectivity index (χ0n) is 14.8. The van der Waals surface area contributed by atoms with Gasteiger partial charge in [-0.05, 0) is 26.7 Å². The molecule has 0 amide bonds. The Kier molecular flexibility index (Phi) is 9.10. The van der Waals surface area contributed by atoms with Gasteiger partial charge in [-0.1, -0.05) is 6.92 Å². The monoisotopic (exact) mass is 440 g/mol. The first-order chi connectivity index (χ1) is 10.6. The predicted molar refractivity (Wildman–Crippen MR) is 105 cm³/mol. The Morgan fingerprint density at radius 1 is 1.30 bits per heavy atom. The molecule has 2 aliphatic heterocycles. The van der Waals surface area contributed by atoms with Crippen molar-refractivity contribution in [2.24, 2.45) is 4.99 Å². The van der Waals surface area contributed by atoms with Crippen LogP contribution in [0.15, 0.2) is 4.99 Å². The number of nitrogens with zero attached hydrogens (tertiary/aromatic N) is 3. The van der Waals surface area contributed by atoms with E-state index >= 15 is 0 Å². The smallest absolute Gasteiger partial charge is 0.194 e. The average molecular weight is 440 g/mol. The fraction of sp³-hybridized carbons (Fsp3) is 0.938. The first kappa shape index (κ1) is 20.9. The molecule has 0 radical (unpaired) electrons. The van der Waals surface area contributed by atoms with Crippen molar-refractivity contribution in [3.63, 3.8) is 0 Å². The zero-order valence-corrected chi connectivity index (χ0v) is 17.1.